The quantitative estimate of drug-likeness (QED) is 0.822. The van der Waals surface area contributed by atoms with Gasteiger partial charge in [-0.3, -0.25) is 5.43 Å². The first-order valence-electron chi connectivity index (χ1n) is 5.53. The van der Waals surface area contributed by atoms with Crippen molar-refractivity contribution in [2.24, 2.45) is 5.92 Å². The molecular formula is C12H14F2N2. The molecule has 16 heavy (non-hydrogen) atoms. The minimum Gasteiger partial charge on any atom is -0.258 e. The van der Waals surface area contributed by atoms with E-state index in [1.54, 1.807) is 0 Å². The second kappa shape index (κ2) is 3.25. The van der Waals surface area contributed by atoms with Gasteiger partial charge in [0.2, 0.25) is 0 Å². The van der Waals surface area contributed by atoms with Crippen LogP contribution in [0.25, 0.3) is 0 Å². The van der Waals surface area contributed by atoms with Gasteiger partial charge in [-0.15, -0.1) is 0 Å². The Hall–Kier alpha value is -1.00. The Morgan fingerprint density at radius 3 is 2.56 bits per heavy atom. The third kappa shape index (κ3) is 1.37. The second-order valence-electron chi connectivity index (χ2n) is 4.82. The SMILES string of the molecule is CNN1CC2CC2(c2cc(F)cc(F)c2)C1. The molecule has 2 fully saturated rings. The van der Waals surface area contributed by atoms with Crippen molar-refractivity contribution >= 4 is 0 Å². The first kappa shape index (κ1) is 10.2. The fraction of sp³-hybridized carbons (Fsp3) is 0.500. The maximum absolute atomic E-state index is 13.2. The van der Waals surface area contributed by atoms with Crippen molar-refractivity contribution in [1.82, 2.24) is 10.4 Å². The van der Waals surface area contributed by atoms with Gasteiger partial charge in [0, 0.05) is 24.6 Å². The molecule has 1 saturated carbocycles. The predicted octanol–water partition coefficient (Wildman–Crippen LogP) is 1.67. The predicted molar refractivity (Wildman–Crippen MR) is 56.8 cm³/mol. The van der Waals surface area contributed by atoms with Gasteiger partial charge in [0.05, 0.1) is 0 Å². The zero-order valence-electron chi connectivity index (χ0n) is 9.13. The monoisotopic (exact) mass is 224 g/mol. The topological polar surface area (TPSA) is 15.3 Å². The third-order valence-electron chi connectivity index (χ3n) is 3.90. The second-order valence-corrected chi connectivity index (χ2v) is 4.82. The van der Waals surface area contributed by atoms with Gasteiger partial charge in [0.15, 0.2) is 0 Å². The zero-order valence-corrected chi connectivity index (χ0v) is 9.13. The van der Waals surface area contributed by atoms with E-state index in [9.17, 15) is 8.78 Å². The van der Waals surface area contributed by atoms with Crippen LogP contribution in [0.5, 0.6) is 0 Å². The summed E-state index contributed by atoms with van der Waals surface area (Å²) in [5.74, 6) is -0.406. The highest BCUT2D eigenvalue weighted by molar-refractivity contribution is 5.37. The molecule has 2 unspecified atom stereocenters. The van der Waals surface area contributed by atoms with Gasteiger partial charge in [0.1, 0.15) is 11.6 Å². The minimum atomic E-state index is -0.474. The molecule has 0 spiro atoms. The van der Waals surface area contributed by atoms with Crippen LogP contribution in [-0.4, -0.2) is 25.1 Å². The average molecular weight is 224 g/mol. The highest BCUT2D eigenvalue weighted by Crippen LogP contribution is 2.58. The highest BCUT2D eigenvalue weighted by Gasteiger charge is 2.60. The number of hydrazine groups is 1. The lowest BCUT2D eigenvalue weighted by molar-refractivity contribution is 0.229. The maximum Gasteiger partial charge on any atom is 0.126 e. The molecule has 1 aromatic rings. The summed E-state index contributed by atoms with van der Waals surface area (Å²) in [6.45, 7) is 1.81. The van der Waals surface area contributed by atoms with Gasteiger partial charge in [-0.1, -0.05) is 0 Å². The van der Waals surface area contributed by atoms with Gasteiger partial charge in [-0.25, -0.2) is 13.8 Å². The van der Waals surface area contributed by atoms with E-state index in [2.05, 4.69) is 10.4 Å². The molecule has 2 aliphatic rings. The number of halogens is 2. The molecule has 1 aromatic carbocycles. The van der Waals surface area contributed by atoms with Crippen LogP contribution in [0.3, 0.4) is 0 Å². The van der Waals surface area contributed by atoms with Crippen LogP contribution in [-0.2, 0) is 5.41 Å². The number of rotatable bonds is 2. The number of fused-ring (bicyclic) bond motifs is 1. The van der Waals surface area contributed by atoms with E-state index in [0.29, 0.717) is 5.92 Å². The van der Waals surface area contributed by atoms with Gasteiger partial charge in [-0.2, -0.15) is 0 Å². The number of hydrogen-bond acceptors (Lipinski definition) is 2. The summed E-state index contributed by atoms with van der Waals surface area (Å²) < 4.78 is 26.4. The van der Waals surface area contributed by atoms with E-state index in [-0.39, 0.29) is 5.41 Å². The zero-order chi connectivity index (χ0) is 11.3. The van der Waals surface area contributed by atoms with Crippen LogP contribution >= 0.6 is 0 Å². The standard InChI is InChI=1S/C12H14F2N2/c1-15-16-6-9-5-12(9,7-16)8-2-10(13)4-11(14)3-8/h2-4,9,15H,5-7H2,1H3. The van der Waals surface area contributed by atoms with Crippen LogP contribution in [0.15, 0.2) is 18.2 Å². The molecule has 4 heteroatoms. The fourth-order valence-corrected chi connectivity index (χ4v) is 2.94. The van der Waals surface area contributed by atoms with Crippen LogP contribution in [0.2, 0.25) is 0 Å². The van der Waals surface area contributed by atoms with Gasteiger partial charge in [-0.05, 0) is 37.1 Å². The molecule has 86 valence electrons. The molecule has 0 bridgehead atoms. The largest absolute Gasteiger partial charge is 0.258 e. The molecule has 1 saturated heterocycles. The molecule has 0 aromatic heterocycles. The molecule has 2 atom stereocenters. The summed E-state index contributed by atoms with van der Waals surface area (Å²) in [7, 11) is 1.88. The first-order chi connectivity index (χ1) is 7.64. The Morgan fingerprint density at radius 2 is 2.00 bits per heavy atom. The Bertz CT molecular complexity index is 415. The van der Waals surface area contributed by atoms with Crippen molar-refractivity contribution in [3.8, 4) is 0 Å². The number of nitrogens with one attached hydrogen (secondary N) is 1. The number of nitrogens with zero attached hydrogens (tertiary/aromatic N) is 1. The summed E-state index contributed by atoms with van der Waals surface area (Å²) >= 11 is 0. The normalized spacial score (nSPS) is 32.8. The number of benzene rings is 1. The van der Waals surface area contributed by atoms with Crippen molar-refractivity contribution in [3.63, 3.8) is 0 Å². The van der Waals surface area contributed by atoms with Gasteiger partial charge in [0.25, 0.3) is 0 Å². The van der Waals surface area contributed by atoms with E-state index >= 15 is 0 Å². The van der Waals surface area contributed by atoms with Crippen molar-refractivity contribution in [1.29, 1.82) is 0 Å². The first-order valence-corrected chi connectivity index (χ1v) is 5.53. The van der Waals surface area contributed by atoms with Crippen molar-refractivity contribution in [2.75, 3.05) is 20.1 Å². The Morgan fingerprint density at radius 1 is 1.31 bits per heavy atom. The smallest absolute Gasteiger partial charge is 0.126 e. The molecular weight excluding hydrogens is 210 g/mol. The lowest BCUT2D eigenvalue weighted by atomic mass is 9.95. The van der Waals surface area contributed by atoms with Crippen LogP contribution < -0.4 is 5.43 Å². The Kier molecular flexibility index (Phi) is 2.06. The molecule has 1 heterocycles. The van der Waals surface area contributed by atoms with Crippen LogP contribution in [0.1, 0.15) is 12.0 Å². The van der Waals surface area contributed by atoms with Gasteiger partial charge < -0.3 is 0 Å². The molecule has 1 N–H and O–H groups in total. The summed E-state index contributed by atoms with van der Waals surface area (Å²) in [6, 6.07) is 3.88. The fourth-order valence-electron chi connectivity index (χ4n) is 2.94. The van der Waals surface area contributed by atoms with Crippen molar-refractivity contribution < 1.29 is 8.78 Å². The summed E-state index contributed by atoms with van der Waals surface area (Å²) in [6.07, 6.45) is 1.05. The summed E-state index contributed by atoms with van der Waals surface area (Å²) in [5.41, 5.74) is 3.90. The van der Waals surface area contributed by atoms with Crippen molar-refractivity contribution in [2.45, 2.75) is 11.8 Å². The Labute approximate surface area is 93.2 Å². The molecule has 1 aliphatic heterocycles. The van der Waals surface area contributed by atoms with E-state index in [1.165, 1.54) is 12.1 Å². The number of hydrogen-bond donors (Lipinski definition) is 1. The minimum absolute atomic E-state index is 0.00799. The number of piperidine rings is 1. The van der Waals surface area contributed by atoms with Crippen LogP contribution in [0, 0.1) is 17.6 Å². The van der Waals surface area contributed by atoms with E-state index in [1.807, 2.05) is 7.05 Å². The highest BCUT2D eigenvalue weighted by atomic mass is 19.1. The summed E-state index contributed by atoms with van der Waals surface area (Å²) in [5, 5.41) is 2.11. The lowest BCUT2D eigenvalue weighted by Gasteiger charge is -2.19. The van der Waals surface area contributed by atoms with E-state index < -0.39 is 11.6 Å². The third-order valence-corrected chi connectivity index (χ3v) is 3.90. The summed E-state index contributed by atoms with van der Waals surface area (Å²) in [4.78, 5) is 0. The van der Waals surface area contributed by atoms with Crippen molar-refractivity contribution in [3.05, 3.63) is 35.4 Å². The molecule has 2 nitrogen and oxygen atoms in total. The molecule has 0 radical (unpaired) electrons. The molecule has 0 amide bonds. The maximum atomic E-state index is 13.2. The Balaban J connectivity index is 1.93. The lowest BCUT2D eigenvalue weighted by Crippen LogP contribution is -2.36. The van der Waals surface area contributed by atoms with Crippen LogP contribution in [0.4, 0.5) is 8.78 Å². The average Bonchev–Trinajstić information content (AvgIpc) is 2.81. The van der Waals surface area contributed by atoms with E-state index in [0.717, 1.165) is 31.1 Å². The van der Waals surface area contributed by atoms with E-state index in [4.69, 9.17) is 0 Å². The molecule has 1 aliphatic carbocycles. The molecule has 3 rings (SSSR count). The van der Waals surface area contributed by atoms with Gasteiger partial charge >= 0.3 is 0 Å².